The fraction of sp³-hybridized carbons (Fsp3) is 0.200. The van der Waals surface area contributed by atoms with Crippen LogP contribution in [0.1, 0.15) is 34.6 Å². The molecule has 0 spiro atoms. The molecule has 0 saturated carbocycles. The fourth-order valence-corrected chi connectivity index (χ4v) is 3.60. The average Bonchev–Trinajstić information content (AvgIpc) is 2.97. The van der Waals surface area contributed by atoms with E-state index in [9.17, 15) is 9.59 Å². The van der Waals surface area contributed by atoms with E-state index in [1.807, 2.05) is 32.0 Å². The van der Waals surface area contributed by atoms with Gasteiger partial charge in [0.05, 0.1) is 18.8 Å². The van der Waals surface area contributed by atoms with Crippen LogP contribution in [0.2, 0.25) is 0 Å². The molecule has 0 unspecified atom stereocenters. The lowest BCUT2D eigenvalue weighted by molar-refractivity contribution is 0.0697. The number of fused-ring (bicyclic) bond motifs is 1. The second kappa shape index (κ2) is 7.67. The normalized spacial score (nSPS) is 10.8. The SMILES string of the molecule is COc1ccc2sc(NC(=O)c3cccc(C(=O)O)c3)c(OC(C)C)c2c1. The van der Waals surface area contributed by atoms with Gasteiger partial charge in [0.25, 0.3) is 5.91 Å². The third-order valence-corrected chi connectivity index (χ3v) is 4.87. The lowest BCUT2D eigenvalue weighted by Crippen LogP contribution is -2.14. The summed E-state index contributed by atoms with van der Waals surface area (Å²) in [6, 6.07) is 11.5. The Balaban J connectivity index is 1.99. The maximum atomic E-state index is 12.6. The molecule has 1 aromatic heterocycles. The van der Waals surface area contributed by atoms with Crippen molar-refractivity contribution in [2.24, 2.45) is 0 Å². The van der Waals surface area contributed by atoms with Gasteiger partial charge in [-0.25, -0.2) is 4.79 Å². The fourth-order valence-electron chi connectivity index (χ4n) is 2.58. The van der Waals surface area contributed by atoms with Crippen molar-refractivity contribution in [2.45, 2.75) is 20.0 Å². The van der Waals surface area contributed by atoms with Crippen molar-refractivity contribution in [1.82, 2.24) is 0 Å². The summed E-state index contributed by atoms with van der Waals surface area (Å²) < 4.78 is 12.2. The number of thiophene rings is 1. The summed E-state index contributed by atoms with van der Waals surface area (Å²) in [7, 11) is 1.59. The molecule has 0 radical (unpaired) electrons. The minimum absolute atomic E-state index is 0.0578. The average molecular weight is 385 g/mol. The quantitative estimate of drug-likeness (QED) is 0.645. The molecule has 2 aromatic carbocycles. The Morgan fingerprint density at radius 1 is 1.11 bits per heavy atom. The van der Waals surface area contributed by atoms with Gasteiger partial charge in [-0.15, -0.1) is 11.3 Å². The molecule has 0 bridgehead atoms. The number of carbonyl (C=O) groups is 2. The Labute approximate surface area is 160 Å². The number of carbonyl (C=O) groups excluding carboxylic acids is 1. The molecule has 0 saturated heterocycles. The summed E-state index contributed by atoms with van der Waals surface area (Å²) >= 11 is 1.39. The van der Waals surface area contributed by atoms with Gasteiger partial charge in [0, 0.05) is 15.6 Å². The van der Waals surface area contributed by atoms with Crippen LogP contribution in [0.3, 0.4) is 0 Å². The minimum Gasteiger partial charge on any atom is -0.497 e. The van der Waals surface area contributed by atoms with E-state index in [0.29, 0.717) is 16.5 Å². The smallest absolute Gasteiger partial charge is 0.335 e. The monoisotopic (exact) mass is 385 g/mol. The van der Waals surface area contributed by atoms with E-state index in [2.05, 4.69) is 5.32 Å². The second-order valence-corrected chi connectivity index (χ2v) is 7.18. The zero-order valence-corrected chi connectivity index (χ0v) is 15.9. The number of rotatable bonds is 6. The van der Waals surface area contributed by atoms with E-state index in [1.165, 1.54) is 23.5 Å². The Hall–Kier alpha value is -3.06. The van der Waals surface area contributed by atoms with Gasteiger partial charge >= 0.3 is 5.97 Å². The van der Waals surface area contributed by atoms with Crippen molar-refractivity contribution >= 4 is 38.3 Å². The molecule has 27 heavy (non-hydrogen) atoms. The number of carboxylic acids is 1. The first-order valence-electron chi connectivity index (χ1n) is 8.31. The number of benzene rings is 2. The van der Waals surface area contributed by atoms with Gasteiger partial charge in [0.1, 0.15) is 10.8 Å². The third-order valence-electron chi connectivity index (χ3n) is 3.80. The summed E-state index contributed by atoms with van der Waals surface area (Å²) in [5.74, 6) is -0.208. The number of nitrogens with one attached hydrogen (secondary N) is 1. The maximum absolute atomic E-state index is 12.6. The number of hydrogen-bond acceptors (Lipinski definition) is 5. The van der Waals surface area contributed by atoms with Crippen molar-refractivity contribution in [2.75, 3.05) is 12.4 Å². The highest BCUT2D eigenvalue weighted by atomic mass is 32.1. The number of anilines is 1. The van der Waals surface area contributed by atoms with Crippen LogP contribution in [0.4, 0.5) is 5.00 Å². The molecule has 1 amide bonds. The summed E-state index contributed by atoms with van der Waals surface area (Å²) in [5.41, 5.74) is 0.322. The van der Waals surface area contributed by atoms with Gasteiger partial charge in [-0.2, -0.15) is 0 Å². The predicted molar refractivity (Wildman–Crippen MR) is 105 cm³/mol. The van der Waals surface area contributed by atoms with E-state index in [1.54, 1.807) is 19.2 Å². The summed E-state index contributed by atoms with van der Waals surface area (Å²) in [4.78, 5) is 23.8. The minimum atomic E-state index is -1.08. The van der Waals surface area contributed by atoms with Crippen LogP contribution in [0.15, 0.2) is 42.5 Å². The molecule has 7 heteroatoms. The molecule has 1 heterocycles. The van der Waals surface area contributed by atoms with Gasteiger partial charge in [-0.05, 0) is 50.2 Å². The van der Waals surface area contributed by atoms with Crippen LogP contribution in [0, 0.1) is 0 Å². The molecule has 0 atom stereocenters. The van der Waals surface area contributed by atoms with Crippen LogP contribution in [-0.4, -0.2) is 30.2 Å². The lowest BCUT2D eigenvalue weighted by Gasteiger charge is -2.12. The Morgan fingerprint density at radius 3 is 2.52 bits per heavy atom. The summed E-state index contributed by atoms with van der Waals surface area (Å²) in [6.45, 7) is 3.82. The van der Waals surface area contributed by atoms with Crippen LogP contribution in [-0.2, 0) is 0 Å². The number of amides is 1. The van der Waals surface area contributed by atoms with Gasteiger partial charge in [0.2, 0.25) is 0 Å². The Bertz CT molecular complexity index is 1010. The molecule has 2 N–H and O–H groups in total. The van der Waals surface area contributed by atoms with Crippen LogP contribution >= 0.6 is 11.3 Å². The standard InChI is InChI=1S/C20H19NO5S/c1-11(2)26-17-15-10-14(25-3)7-8-16(15)27-19(17)21-18(22)12-5-4-6-13(9-12)20(23)24/h4-11H,1-3H3,(H,21,22)(H,23,24). The topological polar surface area (TPSA) is 84.9 Å². The highest BCUT2D eigenvalue weighted by molar-refractivity contribution is 7.23. The Morgan fingerprint density at radius 2 is 1.85 bits per heavy atom. The molecule has 0 aliphatic carbocycles. The van der Waals surface area contributed by atoms with Gasteiger partial charge in [-0.3, -0.25) is 4.79 Å². The number of hydrogen-bond donors (Lipinski definition) is 2. The van der Waals surface area contributed by atoms with Crippen molar-refractivity contribution < 1.29 is 24.2 Å². The molecule has 0 aliphatic heterocycles. The van der Waals surface area contributed by atoms with Gasteiger partial charge in [0.15, 0.2) is 5.75 Å². The second-order valence-electron chi connectivity index (χ2n) is 6.13. The number of ether oxygens (including phenoxy) is 2. The van der Waals surface area contributed by atoms with Crippen LogP contribution in [0.25, 0.3) is 10.1 Å². The summed E-state index contributed by atoms with van der Waals surface area (Å²) in [6.07, 6.45) is -0.0833. The third kappa shape index (κ3) is 4.03. The number of aromatic carboxylic acids is 1. The highest BCUT2D eigenvalue weighted by Gasteiger charge is 2.19. The van der Waals surface area contributed by atoms with E-state index in [0.717, 1.165) is 10.1 Å². The van der Waals surface area contributed by atoms with E-state index < -0.39 is 11.9 Å². The van der Waals surface area contributed by atoms with Gasteiger partial charge < -0.3 is 19.9 Å². The van der Waals surface area contributed by atoms with E-state index in [4.69, 9.17) is 14.6 Å². The van der Waals surface area contributed by atoms with Crippen molar-refractivity contribution in [3.05, 3.63) is 53.6 Å². The molecule has 3 aromatic rings. The first-order chi connectivity index (χ1) is 12.9. The van der Waals surface area contributed by atoms with Gasteiger partial charge in [-0.1, -0.05) is 6.07 Å². The zero-order valence-electron chi connectivity index (χ0n) is 15.1. The van der Waals surface area contributed by atoms with Crippen molar-refractivity contribution in [3.63, 3.8) is 0 Å². The number of carboxylic acid groups (broad SMARTS) is 1. The number of methoxy groups -OCH3 is 1. The van der Waals surface area contributed by atoms with E-state index >= 15 is 0 Å². The largest absolute Gasteiger partial charge is 0.497 e. The molecule has 3 rings (SSSR count). The summed E-state index contributed by atoms with van der Waals surface area (Å²) in [5, 5.41) is 13.4. The zero-order chi connectivity index (χ0) is 19.6. The molecule has 140 valence electrons. The predicted octanol–water partition coefficient (Wildman–Crippen LogP) is 4.65. The molecule has 6 nitrogen and oxygen atoms in total. The Kier molecular flexibility index (Phi) is 5.32. The maximum Gasteiger partial charge on any atom is 0.335 e. The first kappa shape index (κ1) is 18.7. The molecule has 0 aliphatic rings. The van der Waals surface area contributed by atoms with Crippen molar-refractivity contribution in [3.8, 4) is 11.5 Å². The van der Waals surface area contributed by atoms with E-state index in [-0.39, 0.29) is 17.2 Å². The highest BCUT2D eigenvalue weighted by Crippen LogP contribution is 2.44. The van der Waals surface area contributed by atoms with Crippen LogP contribution in [0.5, 0.6) is 11.5 Å². The van der Waals surface area contributed by atoms with Crippen molar-refractivity contribution in [1.29, 1.82) is 0 Å². The molecule has 0 fully saturated rings. The van der Waals surface area contributed by atoms with Crippen LogP contribution < -0.4 is 14.8 Å². The lowest BCUT2D eigenvalue weighted by atomic mass is 10.1. The first-order valence-corrected chi connectivity index (χ1v) is 9.12. The molecular formula is C20H19NO5S. The molecular weight excluding hydrogens is 366 g/mol.